The van der Waals surface area contributed by atoms with E-state index in [4.69, 9.17) is 14.6 Å². The van der Waals surface area contributed by atoms with E-state index in [1.807, 2.05) is 37.4 Å². The maximum atomic E-state index is 12.7. The number of ether oxygens (including phenoxy) is 1. The summed E-state index contributed by atoms with van der Waals surface area (Å²) in [6.45, 7) is 3.85. The van der Waals surface area contributed by atoms with E-state index in [0.29, 0.717) is 11.6 Å². The molecule has 2 saturated heterocycles. The smallest absolute Gasteiger partial charge is 0.475 e. The minimum absolute atomic E-state index is 0.190. The predicted molar refractivity (Wildman–Crippen MR) is 112 cm³/mol. The van der Waals surface area contributed by atoms with Gasteiger partial charge < -0.3 is 14.7 Å². The first-order chi connectivity index (χ1) is 15.2. The van der Waals surface area contributed by atoms with Gasteiger partial charge in [0.15, 0.2) is 0 Å². The maximum Gasteiger partial charge on any atom is 0.490 e. The van der Waals surface area contributed by atoms with Crippen molar-refractivity contribution in [2.75, 3.05) is 33.4 Å². The third-order valence-corrected chi connectivity index (χ3v) is 6.75. The van der Waals surface area contributed by atoms with Gasteiger partial charge in [0, 0.05) is 43.9 Å². The van der Waals surface area contributed by atoms with Crippen LogP contribution in [0.25, 0.3) is 0 Å². The molecule has 1 aromatic rings. The number of hydrogen-bond acceptors (Lipinski definition) is 4. The lowest BCUT2D eigenvalue weighted by Crippen LogP contribution is -2.56. The van der Waals surface area contributed by atoms with Gasteiger partial charge in [-0.3, -0.25) is 9.69 Å². The first kappa shape index (κ1) is 24.5. The molecular formula is C23H31F3N2O4. The summed E-state index contributed by atoms with van der Waals surface area (Å²) in [5.41, 5.74) is 1.12. The Morgan fingerprint density at radius 1 is 1.09 bits per heavy atom. The Balaban J connectivity index is 0.000000360. The summed E-state index contributed by atoms with van der Waals surface area (Å²) in [5.74, 6) is -1.67. The fourth-order valence-corrected chi connectivity index (χ4v) is 4.84. The lowest BCUT2D eigenvalue weighted by atomic mass is 9.84. The fraction of sp³-hybridized carbons (Fsp3) is 0.652. The topological polar surface area (TPSA) is 70.1 Å². The molecule has 1 spiro atoms. The third kappa shape index (κ3) is 6.01. The molecule has 3 fully saturated rings. The number of carbonyl (C=O) groups excluding carboxylic acids is 1. The average Bonchev–Trinajstić information content (AvgIpc) is 3.54. The number of methoxy groups -OCH3 is 1. The fourth-order valence-electron chi connectivity index (χ4n) is 4.84. The van der Waals surface area contributed by atoms with Crippen molar-refractivity contribution in [1.82, 2.24) is 9.80 Å². The number of likely N-dealkylation sites (tertiary alicyclic amines) is 2. The molecule has 1 aromatic carbocycles. The number of halogens is 3. The summed E-state index contributed by atoms with van der Waals surface area (Å²) in [4.78, 5) is 26.5. The summed E-state index contributed by atoms with van der Waals surface area (Å²) >= 11 is 0. The number of alkyl halides is 3. The van der Waals surface area contributed by atoms with E-state index in [9.17, 15) is 18.0 Å². The molecule has 1 aliphatic carbocycles. The van der Waals surface area contributed by atoms with Gasteiger partial charge >= 0.3 is 12.1 Å². The largest absolute Gasteiger partial charge is 0.490 e. The maximum absolute atomic E-state index is 12.7. The van der Waals surface area contributed by atoms with Crippen molar-refractivity contribution in [2.45, 2.75) is 56.3 Å². The molecular weight excluding hydrogens is 425 g/mol. The van der Waals surface area contributed by atoms with Gasteiger partial charge in [0.25, 0.3) is 5.91 Å². The van der Waals surface area contributed by atoms with Crippen LogP contribution < -0.4 is 0 Å². The van der Waals surface area contributed by atoms with Crippen molar-refractivity contribution in [3.63, 3.8) is 0 Å². The normalized spacial score (nSPS) is 23.0. The van der Waals surface area contributed by atoms with Crippen molar-refractivity contribution < 1.29 is 32.6 Å². The highest BCUT2D eigenvalue weighted by Crippen LogP contribution is 2.44. The molecule has 3 aliphatic rings. The SMILES string of the molecule is COCC1CCC2(CCN(C(=O)c3ccccc3)CC2)N1CC1CC1.O=C(O)C(F)(F)F. The minimum Gasteiger partial charge on any atom is -0.475 e. The molecule has 4 rings (SSSR count). The Labute approximate surface area is 186 Å². The highest BCUT2D eigenvalue weighted by molar-refractivity contribution is 5.94. The molecule has 1 unspecified atom stereocenters. The number of aliphatic carboxylic acids is 1. The van der Waals surface area contributed by atoms with Crippen molar-refractivity contribution in [2.24, 2.45) is 5.92 Å². The quantitative estimate of drug-likeness (QED) is 0.730. The third-order valence-electron chi connectivity index (χ3n) is 6.75. The number of benzene rings is 1. The lowest BCUT2D eigenvalue weighted by Gasteiger charge is -2.47. The van der Waals surface area contributed by atoms with E-state index in [0.717, 1.165) is 44.0 Å². The summed E-state index contributed by atoms with van der Waals surface area (Å²) in [6.07, 6.45) is 2.43. The van der Waals surface area contributed by atoms with Crippen LogP contribution in [0.5, 0.6) is 0 Å². The molecule has 32 heavy (non-hydrogen) atoms. The molecule has 1 atom stereocenters. The zero-order valence-corrected chi connectivity index (χ0v) is 18.3. The van der Waals surface area contributed by atoms with Crippen molar-refractivity contribution >= 4 is 11.9 Å². The van der Waals surface area contributed by atoms with E-state index >= 15 is 0 Å². The predicted octanol–water partition coefficient (Wildman–Crippen LogP) is 3.82. The zero-order chi connectivity index (χ0) is 23.4. The van der Waals surface area contributed by atoms with E-state index in [2.05, 4.69) is 9.80 Å². The monoisotopic (exact) mass is 456 g/mol. The van der Waals surface area contributed by atoms with E-state index in [1.54, 1.807) is 0 Å². The summed E-state index contributed by atoms with van der Waals surface area (Å²) in [6, 6.07) is 10.3. The van der Waals surface area contributed by atoms with Crippen molar-refractivity contribution in [3.8, 4) is 0 Å². The van der Waals surface area contributed by atoms with Crippen LogP contribution in [0.1, 0.15) is 48.9 Å². The molecule has 0 bridgehead atoms. The van der Waals surface area contributed by atoms with Crippen molar-refractivity contribution in [3.05, 3.63) is 35.9 Å². The Hall–Kier alpha value is -2.13. The molecule has 1 amide bonds. The first-order valence-corrected chi connectivity index (χ1v) is 11.1. The Bertz CT molecular complexity index is 775. The second-order valence-electron chi connectivity index (χ2n) is 8.93. The van der Waals surface area contributed by atoms with Crippen LogP contribution in [-0.2, 0) is 9.53 Å². The van der Waals surface area contributed by atoms with Gasteiger partial charge in [-0.1, -0.05) is 18.2 Å². The number of carbonyl (C=O) groups is 2. The molecule has 1 saturated carbocycles. The van der Waals surface area contributed by atoms with Gasteiger partial charge in [0.1, 0.15) is 0 Å². The average molecular weight is 457 g/mol. The number of carboxylic acid groups (broad SMARTS) is 1. The standard InChI is InChI=1S/C21H30N2O2.C2HF3O2/c1-25-16-19-9-10-21(23(19)15-17-7-8-17)11-13-22(14-12-21)20(24)18-5-3-2-4-6-18;3-2(4,5)1(6)7/h2-6,17,19H,7-16H2,1H3;(H,6,7). The van der Waals surface area contributed by atoms with Crippen LogP contribution in [0, 0.1) is 5.92 Å². The number of nitrogens with zero attached hydrogens (tertiary/aromatic N) is 2. The lowest BCUT2D eigenvalue weighted by molar-refractivity contribution is -0.192. The van der Waals surface area contributed by atoms with Crippen LogP contribution in [-0.4, -0.2) is 77.9 Å². The number of carboxylic acids is 1. The van der Waals surface area contributed by atoms with Crippen LogP contribution in [0.4, 0.5) is 13.2 Å². The van der Waals surface area contributed by atoms with Gasteiger partial charge in [-0.2, -0.15) is 13.2 Å². The summed E-state index contributed by atoms with van der Waals surface area (Å²) in [7, 11) is 1.82. The summed E-state index contributed by atoms with van der Waals surface area (Å²) in [5, 5.41) is 7.12. The Morgan fingerprint density at radius 2 is 1.69 bits per heavy atom. The number of rotatable bonds is 5. The minimum atomic E-state index is -5.08. The molecule has 1 N–H and O–H groups in total. The van der Waals surface area contributed by atoms with Gasteiger partial charge in [-0.05, 0) is 56.6 Å². The molecule has 6 nitrogen and oxygen atoms in total. The number of amides is 1. The van der Waals surface area contributed by atoms with E-state index < -0.39 is 12.1 Å². The van der Waals surface area contributed by atoms with E-state index in [-0.39, 0.29) is 5.91 Å². The van der Waals surface area contributed by atoms with Crippen LogP contribution >= 0.6 is 0 Å². The zero-order valence-electron chi connectivity index (χ0n) is 18.3. The molecule has 2 aliphatic heterocycles. The van der Waals surface area contributed by atoms with Gasteiger partial charge in [0.05, 0.1) is 6.61 Å². The molecule has 2 heterocycles. The van der Waals surface area contributed by atoms with Gasteiger partial charge in [-0.15, -0.1) is 0 Å². The molecule has 0 radical (unpaired) electrons. The van der Waals surface area contributed by atoms with Crippen LogP contribution in [0.2, 0.25) is 0 Å². The van der Waals surface area contributed by atoms with Crippen molar-refractivity contribution in [1.29, 1.82) is 0 Å². The molecule has 9 heteroatoms. The Morgan fingerprint density at radius 3 is 2.19 bits per heavy atom. The summed E-state index contributed by atoms with van der Waals surface area (Å²) < 4.78 is 37.2. The van der Waals surface area contributed by atoms with E-state index in [1.165, 1.54) is 32.2 Å². The Kier molecular flexibility index (Phi) is 7.82. The number of hydrogen-bond donors (Lipinski definition) is 1. The molecule has 0 aromatic heterocycles. The molecule has 178 valence electrons. The first-order valence-electron chi connectivity index (χ1n) is 11.1. The van der Waals surface area contributed by atoms with Crippen LogP contribution in [0.3, 0.4) is 0 Å². The van der Waals surface area contributed by atoms with Gasteiger partial charge in [0.2, 0.25) is 0 Å². The van der Waals surface area contributed by atoms with Crippen LogP contribution in [0.15, 0.2) is 30.3 Å². The van der Waals surface area contributed by atoms with Gasteiger partial charge in [-0.25, -0.2) is 4.79 Å². The highest BCUT2D eigenvalue weighted by atomic mass is 19.4. The highest BCUT2D eigenvalue weighted by Gasteiger charge is 2.49. The second kappa shape index (κ2) is 10.2. The second-order valence-corrected chi connectivity index (χ2v) is 8.93. The number of piperidine rings is 1.